The van der Waals surface area contributed by atoms with Gasteiger partial charge < -0.3 is 9.74 Å². The number of oxime groups is 1. The van der Waals surface area contributed by atoms with Crippen LogP contribution < -0.4 is 0 Å². The first-order valence-electron chi connectivity index (χ1n) is 9.61. The van der Waals surface area contributed by atoms with E-state index in [0.29, 0.717) is 18.5 Å². The zero-order chi connectivity index (χ0) is 19.5. The summed E-state index contributed by atoms with van der Waals surface area (Å²) in [6, 6.07) is 12.6. The van der Waals surface area contributed by atoms with Crippen LogP contribution in [0.15, 0.2) is 53.7 Å². The Labute approximate surface area is 162 Å². The summed E-state index contributed by atoms with van der Waals surface area (Å²) in [7, 11) is 0. The lowest BCUT2D eigenvalue weighted by Gasteiger charge is -2.32. The number of benzene rings is 2. The van der Waals surface area contributed by atoms with Crippen LogP contribution in [0, 0.1) is 17.6 Å². The first kappa shape index (κ1) is 18.6. The molecule has 1 heterocycles. The zero-order valence-electron chi connectivity index (χ0n) is 15.5. The van der Waals surface area contributed by atoms with E-state index in [1.165, 1.54) is 18.2 Å². The molecule has 1 aliphatic carbocycles. The van der Waals surface area contributed by atoms with Crippen LogP contribution in [-0.4, -0.2) is 29.2 Å². The second-order valence-electron chi connectivity index (χ2n) is 7.41. The van der Waals surface area contributed by atoms with E-state index in [9.17, 15) is 13.6 Å². The lowest BCUT2D eigenvalue weighted by atomic mass is 9.84. The van der Waals surface area contributed by atoms with Crippen LogP contribution in [0.25, 0.3) is 0 Å². The third kappa shape index (κ3) is 4.06. The van der Waals surface area contributed by atoms with Crippen LogP contribution in [0.2, 0.25) is 0 Å². The molecule has 6 heteroatoms. The van der Waals surface area contributed by atoms with Crippen molar-refractivity contribution >= 4 is 11.6 Å². The number of rotatable bonds is 6. The van der Waals surface area contributed by atoms with Gasteiger partial charge in [0.05, 0.1) is 12.3 Å². The molecular weight excluding hydrogens is 362 g/mol. The maximum atomic E-state index is 14.1. The minimum Gasteiger partial charge on any atom is -0.390 e. The summed E-state index contributed by atoms with van der Waals surface area (Å²) in [4.78, 5) is 20.1. The summed E-state index contributed by atoms with van der Waals surface area (Å²) in [5.74, 6) is -0.550. The molecule has 146 valence electrons. The molecule has 1 aliphatic heterocycles. The number of nitrogens with zero attached hydrogens (tertiary/aromatic N) is 2. The van der Waals surface area contributed by atoms with E-state index in [4.69, 9.17) is 4.84 Å². The van der Waals surface area contributed by atoms with E-state index < -0.39 is 0 Å². The fraction of sp³-hybridized carbons (Fsp3) is 0.364. The van der Waals surface area contributed by atoms with Crippen LogP contribution in [0.4, 0.5) is 8.78 Å². The van der Waals surface area contributed by atoms with Gasteiger partial charge in [0.15, 0.2) is 6.10 Å². The topological polar surface area (TPSA) is 41.9 Å². The second-order valence-corrected chi connectivity index (χ2v) is 7.41. The van der Waals surface area contributed by atoms with E-state index in [0.717, 1.165) is 30.5 Å². The van der Waals surface area contributed by atoms with Crippen molar-refractivity contribution in [2.24, 2.45) is 11.1 Å². The van der Waals surface area contributed by atoms with Crippen molar-refractivity contribution < 1.29 is 18.4 Å². The van der Waals surface area contributed by atoms with Crippen molar-refractivity contribution in [3.05, 3.63) is 71.3 Å². The molecule has 4 rings (SSSR count). The van der Waals surface area contributed by atoms with Crippen molar-refractivity contribution in [3.8, 4) is 0 Å². The van der Waals surface area contributed by atoms with Gasteiger partial charge in [-0.05, 0) is 36.6 Å². The number of hydrogen-bond donors (Lipinski definition) is 0. The van der Waals surface area contributed by atoms with Crippen LogP contribution in [0.1, 0.15) is 36.8 Å². The van der Waals surface area contributed by atoms with Crippen molar-refractivity contribution in [2.75, 3.05) is 6.54 Å². The molecule has 1 fully saturated rings. The van der Waals surface area contributed by atoms with Gasteiger partial charge in [-0.1, -0.05) is 41.9 Å². The number of amides is 1. The monoisotopic (exact) mass is 384 g/mol. The number of hydrogen-bond acceptors (Lipinski definition) is 3. The largest absolute Gasteiger partial charge is 0.390 e. The molecule has 0 saturated heterocycles. The van der Waals surface area contributed by atoms with E-state index in [2.05, 4.69) is 5.16 Å². The molecule has 1 amide bonds. The highest BCUT2D eigenvalue weighted by atomic mass is 19.1. The third-order valence-corrected chi connectivity index (χ3v) is 5.42. The van der Waals surface area contributed by atoms with E-state index >= 15 is 0 Å². The molecule has 0 bridgehead atoms. The molecule has 1 saturated carbocycles. The van der Waals surface area contributed by atoms with Gasteiger partial charge in [0.25, 0.3) is 0 Å². The van der Waals surface area contributed by atoms with Crippen LogP contribution in [0.3, 0.4) is 0 Å². The molecule has 2 aromatic rings. The predicted molar refractivity (Wildman–Crippen MR) is 102 cm³/mol. The molecule has 0 N–H and O–H groups in total. The Hall–Kier alpha value is -2.76. The maximum absolute atomic E-state index is 14.1. The standard InChI is InChI=1S/C22H22F2N2O2/c23-18-10-8-15(9-11-18)21-12-19(28-25-21)14-26(22(27)16-5-3-6-16)13-17-4-1-2-7-20(17)24/h1-2,4,7-11,16,19H,3,5-6,12-14H2/t19-/m1/s1. The van der Waals surface area contributed by atoms with Gasteiger partial charge in [-0.15, -0.1) is 0 Å². The molecule has 0 aromatic heterocycles. The van der Waals surface area contributed by atoms with Crippen LogP contribution in [-0.2, 0) is 16.2 Å². The lowest BCUT2D eigenvalue weighted by Crippen LogP contribution is -2.42. The fourth-order valence-corrected chi connectivity index (χ4v) is 3.56. The van der Waals surface area contributed by atoms with Gasteiger partial charge in [-0.25, -0.2) is 8.78 Å². The smallest absolute Gasteiger partial charge is 0.226 e. The Morgan fingerprint density at radius 2 is 1.86 bits per heavy atom. The Bertz CT molecular complexity index is 878. The predicted octanol–water partition coefficient (Wildman–Crippen LogP) is 4.29. The van der Waals surface area contributed by atoms with Crippen molar-refractivity contribution in [1.82, 2.24) is 4.90 Å². The number of carbonyl (C=O) groups is 1. The number of halogens is 2. The molecule has 1 atom stereocenters. The highest BCUT2D eigenvalue weighted by Gasteiger charge is 2.33. The highest BCUT2D eigenvalue weighted by Crippen LogP contribution is 2.30. The minimum atomic E-state index is -0.315. The normalized spacial score (nSPS) is 18.9. The summed E-state index contributed by atoms with van der Waals surface area (Å²) in [5.41, 5.74) is 2.02. The SMILES string of the molecule is O=C(C1CCC1)N(Cc1ccccc1F)C[C@H]1CC(c2ccc(F)cc2)=NO1. The Balaban J connectivity index is 1.44. The van der Waals surface area contributed by atoms with Crippen LogP contribution >= 0.6 is 0 Å². The summed E-state index contributed by atoms with van der Waals surface area (Å²) in [6.07, 6.45) is 3.06. The molecule has 28 heavy (non-hydrogen) atoms. The van der Waals surface area contributed by atoms with Gasteiger partial charge in [-0.2, -0.15) is 0 Å². The summed E-state index contributed by atoms with van der Waals surface area (Å²) in [6.45, 7) is 0.561. The van der Waals surface area contributed by atoms with Gasteiger partial charge in [-0.3, -0.25) is 4.79 Å². The van der Waals surface area contributed by atoms with Gasteiger partial charge in [0.2, 0.25) is 5.91 Å². The zero-order valence-corrected chi connectivity index (χ0v) is 15.5. The van der Waals surface area contributed by atoms with Crippen molar-refractivity contribution in [2.45, 2.75) is 38.3 Å². The summed E-state index contributed by atoms with van der Waals surface area (Å²) >= 11 is 0. The average Bonchev–Trinajstić information content (AvgIpc) is 3.10. The molecule has 0 radical (unpaired) electrons. The van der Waals surface area contributed by atoms with Crippen molar-refractivity contribution in [1.29, 1.82) is 0 Å². The van der Waals surface area contributed by atoms with E-state index in [-0.39, 0.29) is 36.1 Å². The van der Waals surface area contributed by atoms with Crippen LogP contribution in [0.5, 0.6) is 0 Å². The Morgan fingerprint density at radius 1 is 1.11 bits per heavy atom. The van der Waals surface area contributed by atoms with E-state index in [1.54, 1.807) is 35.2 Å². The minimum absolute atomic E-state index is 0.0191. The van der Waals surface area contributed by atoms with Crippen molar-refractivity contribution in [3.63, 3.8) is 0 Å². The maximum Gasteiger partial charge on any atom is 0.226 e. The Morgan fingerprint density at radius 3 is 2.54 bits per heavy atom. The van der Waals surface area contributed by atoms with Gasteiger partial charge in [0, 0.05) is 24.4 Å². The quantitative estimate of drug-likeness (QED) is 0.746. The number of carbonyl (C=O) groups excluding carboxylic acids is 1. The molecular formula is C22H22F2N2O2. The molecule has 2 aromatic carbocycles. The lowest BCUT2D eigenvalue weighted by molar-refractivity contribution is -0.140. The first-order valence-corrected chi connectivity index (χ1v) is 9.61. The second kappa shape index (κ2) is 8.09. The molecule has 4 nitrogen and oxygen atoms in total. The average molecular weight is 384 g/mol. The summed E-state index contributed by atoms with van der Waals surface area (Å²) in [5, 5.41) is 4.12. The highest BCUT2D eigenvalue weighted by molar-refractivity contribution is 6.01. The fourth-order valence-electron chi connectivity index (χ4n) is 3.56. The first-order chi connectivity index (χ1) is 13.6. The van der Waals surface area contributed by atoms with Gasteiger partial charge >= 0.3 is 0 Å². The molecule has 0 unspecified atom stereocenters. The van der Waals surface area contributed by atoms with E-state index in [1.807, 2.05) is 0 Å². The third-order valence-electron chi connectivity index (χ3n) is 5.42. The summed E-state index contributed by atoms with van der Waals surface area (Å²) < 4.78 is 27.2. The molecule has 0 spiro atoms. The van der Waals surface area contributed by atoms with Gasteiger partial charge in [0.1, 0.15) is 11.6 Å². The Kier molecular flexibility index (Phi) is 5.37. The molecule has 2 aliphatic rings.